The molecule has 39 heavy (non-hydrogen) atoms. The van der Waals surface area contributed by atoms with Gasteiger partial charge in [0, 0.05) is 24.2 Å². The number of carbonyl (C=O) groups is 3. The summed E-state index contributed by atoms with van der Waals surface area (Å²) < 4.78 is 84.2. The minimum Gasteiger partial charge on any atom is -0.326 e. The normalized spacial score (nSPS) is 21.3. The number of hydrogen-bond acceptors (Lipinski definition) is 3. The first-order valence-corrected chi connectivity index (χ1v) is 12.3. The van der Waals surface area contributed by atoms with Gasteiger partial charge in [-0.05, 0) is 48.4 Å². The second kappa shape index (κ2) is 9.84. The summed E-state index contributed by atoms with van der Waals surface area (Å²) in [4.78, 5) is 40.8. The van der Waals surface area contributed by atoms with Gasteiger partial charge >= 0.3 is 12.4 Å². The number of ketones is 1. The average Bonchev–Trinajstić information content (AvgIpc) is 3.06. The molecule has 0 saturated carbocycles. The first-order valence-electron chi connectivity index (χ1n) is 12.3. The third kappa shape index (κ3) is 5.31. The van der Waals surface area contributed by atoms with Crippen LogP contribution in [0.1, 0.15) is 54.6 Å². The topological polar surface area (TPSA) is 66.5 Å². The van der Waals surface area contributed by atoms with Crippen molar-refractivity contribution < 1.29 is 40.7 Å². The fraction of sp³-hybridized carbons (Fsp3) is 0.393. The van der Waals surface area contributed by atoms with E-state index >= 15 is 0 Å². The maximum Gasteiger partial charge on any atom is 0.425 e. The quantitative estimate of drug-likeness (QED) is 0.457. The zero-order valence-electron chi connectivity index (χ0n) is 21.2. The largest absolute Gasteiger partial charge is 0.425 e. The van der Waals surface area contributed by atoms with E-state index in [-0.39, 0.29) is 31.5 Å². The van der Waals surface area contributed by atoms with Crippen molar-refractivity contribution in [2.45, 2.75) is 57.4 Å². The number of amides is 2. The highest BCUT2D eigenvalue weighted by Gasteiger charge is 2.71. The summed E-state index contributed by atoms with van der Waals surface area (Å²) >= 11 is 0. The van der Waals surface area contributed by atoms with Crippen molar-refractivity contribution >= 4 is 17.6 Å². The molecule has 1 aliphatic heterocycles. The van der Waals surface area contributed by atoms with Gasteiger partial charge in [0.1, 0.15) is 0 Å². The standard InChI is InChI=1S/C28H26F6N2O3/c1-25(2)15-20-22(21(37)16-25)26(28(32,33)34,24(39)36(20)13-7-10-17-8-4-3-5-9-17)35-23(38)18-11-6-12-19(14-18)27(29,30)31/h3-6,8-9,11-12,14H,7,10,13,15-16H2,1-2H3,(H,35,38)/t26-/m1/s1. The Bertz CT molecular complexity index is 1330. The summed E-state index contributed by atoms with van der Waals surface area (Å²) in [5.41, 5.74) is -6.51. The summed E-state index contributed by atoms with van der Waals surface area (Å²) in [5.74, 6) is -4.04. The van der Waals surface area contributed by atoms with E-state index in [1.165, 1.54) is 0 Å². The van der Waals surface area contributed by atoms with Crippen LogP contribution < -0.4 is 5.32 Å². The molecule has 1 aliphatic carbocycles. The molecule has 1 atom stereocenters. The Morgan fingerprint density at radius 3 is 2.23 bits per heavy atom. The molecule has 4 rings (SSSR count). The molecular formula is C28H26F6N2O3. The lowest BCUT2D eigenvalue weighted by molar-refractivity contribution is -0.190. The number of carbonyl (C=O) groups excluding carboxylic acids is 3. The van der Waals surface area contributed by atoms with Crippen molar-refractivity contribution in [2.75, 3.05) is 6.54 Å². The smallest absolute Gasteiger partial charge is 0.326 e. The Labute approximate surface area is 220 Å². The van der Waals surface area contributed by atoms with Gasteiger partial charge in [0.2, 0.25) is 5.54 Å². The number of nitrogens with one attached hydrogen (secondary N) is 1. The first kappa shape index (κ1) is 28.4. The molecule has 0 spiro atoms. The van der Waals surface area contributed by atoms with Crippen molar-refractivity contribution in [1.82, 2.24) is 10.2 Å². The lowest BCUT2D eigenvalue weighted by Crippen LogP contribution is -2.66. The van der Waals surface area contributed by atoms with Crippen LogP contribution in [0.25, 0.3) is 0 Å². The zero-order chi connectivity index (χ0) is 28.8. The molecule has 0 unspecified atom stereocenters. The molecule has 5 nitrogen and oxygen atoms in total. The van der Waals surface area contributed by atoms with Gasteiger partial charge in [-0.2, -0.15) is 26.3 Å². The summed E-state index contributed by atoms with van der Waals surface area (Å²) in [7, 11) is 0. The number of Topliss-reactive ketones (excluding diaryl/α,β-unsaturated/α-hetero) is 1. The van der Waals surface area contributed by atoms with Crippen LogP contribution in [0, 0.1) is 5.41 Å². The Morgan fingerprint density at radius 1 is 0.949 bits per heavy atom. The second-order valence-corrected chi connectivity index (χ2v) is 10.6. The Morgan fingerprint density at radius 2 is 1.62 bits per heavy atom. The van der Waals surface area contributed by atoms with Crippen LogP contribution in [0.2, 0.25) is 0 Å². The highest BCUT2D eigenvalue weighted by molar-refractivity contribution is 6.14. The number of alkyl halides is 6. The van der Waals surface area contributed by atoms with Gasteiger partial charge in [0.25, 0.3) is 11.8 Å². The van der Waals surface area contributed by atoms with E-state index < -0.39 is 57.6 Å². The van der Waals surface area contributed by atoms with Gasteiger partial charge in [-0.25, -0.2) is 0 Å². The molecule has 1 N–H and O–H groups in total. The highest BCUT2D eigenvalue weighted by Crippen LogP contribution is 2.51. The molecule has 2 amide bonds. The van der Waals surface area contributed by atoms with Gasteiger partial charge in [-0.3, -0.25) is 14.4 Å². The molecule has 0 bridgehead atoms. The van der Waals surface area contributed by atoms with E-state index in [2.05, 4.69) is 0 Å². The van der Waals surface area contributed by atoms with Crippen LogP contribution in [0.15, 0.2) is 65.9 Å². The van der Waals surface area contributed by atoms with Crippen molar-refractivity contribution in [3.8, 4) is 0 Å². The average molecular weight is 553 g/mol. The minimum absolute atomic E-state index is 0.0254. The summed E-state index contributed by atoms with van der Waals surface area (Å²) in [6.07, 6.45) is -9.90. The Hall–Kier alpha value is -3.63. The van der Waals surface area contributed by atoms with Crippen LogP contribution in [0.3, 0.4) is 0 Å². The lowest BCUT2D eigenvalue weighted by Gasteiger charge is -2.35. The predicted molar refractivity (Wildman–Crippen MR) is 129 cm³/mol. The molecule has 0 saturated heterocycles. The van der Waals surface area contributed by atoms with Crippen LogP contribution in [0.5, 0.6) is 0 Å². The Kier molecular flexibility index (Phi) is 7.16. The number of allylic oxidation sites excluding steroid dienone is 1. The molecule has 0 aromatic heterocycles. The molecular weight excluding hydrogens is 526 g/mol. The van der Waals surface area contributed by atoms with Gasteiger partial charge in [-0.15, -0.1) is 0 Å². The van der Waals surface area contributed by atoms with Crippen LogP contribution in [0.4, 0.5) is 26.3 Å². The third-order valence-electron chi connectivity index (χ3n) is 6.99. The van der Waals surface area contributed by atoms with E-state index in [9.17, 15) is 40.7 Å². The van der Waals surface area contributed by atoms with Crippen LogP contribution in [-0.4, -0.2) is 40.8 Å². The number of aryl methyl sites for hydroxylation is 1. The van der Waals surface area contributed by atoms with Gasteiger partial charge < -0.3 is 10.2 Å². The monoisotopic (exact) mass is 552 g/mol. The van der Waals surface area contributed by atoms with Gasteiger partial charge in [-0.1, -0.05) is 50.2 Å². The maximum absolute atomic E-state index is 14.9. The lowest BCUT2D eigenvalue weighted by atomic mass is 9.72. The molecule has 2 aliphatic rings. The molecule has 208 valence electrons. The van der Waals surface area contributed by atoms with E-state index in [4.69, 9.17) is 0 Å². The summed E-state index contributed by atoms with van der Waals surface area (Å²) in [6, 6.07) is 11.9. The van der Waals surface area contributed by atoms with E-state index in [0.29, 0.717) is 18.6 Å². The number of rotatable bonds is 6. The predicted octanol–water partition coefficient (Wildman–Crippen LogP) is 5.85. The number of halogens is 6. The zero-order valence-corrected chi connectivity index (χ0v) is 21.2. The van der Waals surface area contributed by atoms with Crippen molar-refractivity contribution in [3.63, 3.8) is 0 Å². The highest BCUT2D eigenvalue weighted by atomic mass is 19.4. The molecule has 0 radical (unpaired) electrons. The van der Waals surface area contributed by atoms with Crippen molar-refractivity contribution in [2.24, 2.45) is 5.41 Å². The van der Waals surface area contributed by atoms with E-state index in [1.54, 1.807) is 31.3 Å². The number of benzene rings is 2. The second-order valence-electron chi connectivity index (χ2n) is 10.6. The number of hydrogen-bond donors (Lipinski definition) is 1. The van der Waals surface area contributed by atoms with E-state index in [1.807, 2.05) is 18.2 Å². The van der Waals surface area contributed by atoms with Crippen LogP contribution in [-0.2, 0) is 22.2 Å². The number of nitrogens with zero attached hydrogens (tertiary/aromatic N) is 1. The fourth-order valence-electron chi connectivity index (χ4n) is 5.23. The van der Waals surface area contributed by atoms with Crippen molar-refractivity contribution in [3.05, 3.63) is 82.6 Å². The molecule has 11 heteroatoms. The van der Waals surface area contributed by atoms with Gasteiger partial charge in [0.15, 0.2) is 5.78 Å². The maximum atomic E-state index is 14.9. The Balaban J connectivity index is 1.75. The van der Waals surface area contributed by atoms with Crippen LogP contribution >= 0.6 is 0 Å². The summed E-state index contributed by atoms with van der Waals surface area (Å²) in [6.45, 7) is 3.24. The van der Waals surface area contributed by atoms with Gasteiger partial charge in [0.05, 0.1) is 11.1 Å². The molecule has 2 aromatic carbocycles. The fourth-order valence-corrected chi connectivity index (χ4v) is 5.23. The third-order valence-corrected chi connectivity index (χ3v) is 6.99. The molecule has 1 heterocycles. The van der Waals surface area contributed by atoms with Crippen molar-refractivity contribution in [1.29, 1.82) is 0 Å². The summed E-state index contributed by atoms with van der Waals surface area (Å²) in [5, 5.41) is 1.67. The minimum atomic E-state index is -5.45. The van der Waals surface area contributed by atoms with E-state index in [0.717, 1.165) is 22.6 Å². The first-order chi connectivity index (χ1) is 18.1. The SMILES string of the molecule is CC1(C)CC(=O)C2=C(C1)N(CCCc1ccccc1)C(=O)[C@@]2(NC(=O)c1cccc(C(F)(F)F)c1)C(F)(F)F. The molecule has 0 fully saturated rings. The molecule has 2 aromatic rings.